The standard InChI is InChI=1S/C17H18ClN3O3/c1-21(16-5-2-12(18)10-19-16)13-3-4-14-11(9-20-17(22)23)6-7-24-15(14)8-13/h2-5,8,10-11,20H,6-7,9H2,1H3,(H,22,23)/t11-/m0/s1. The highest BCUT2D eigenvalue weighted by molar-refractivity contribution is 6.30. The number of aromatic nitrogens is 1. The number of carboxylic acid groups (broad SMARTS) is 1. The molecule has 0 aliphatic carbocycles. The Kier molecular flexibility index (Phi) is 4.76. The summed E-state index contributed by atoms with van der Waals surface area (Å²) in [5.74, 6) is 1.69. The molecule has 7 heteroatoms. The molecule has 0 unspecified atom stereocenters. The smallest absolute Gasteiger partial charge is 0.404 e. The molecule has 24 heavy (non-hydrogen) atoms. The van der Waals surface area contributed by atoms with Gasteiger partial charge in [0.15, 0.2) is 0 Å². The van der Waals surface area contributed by atoms with Crippen molar-refractivity contribution < 1.29 is 14.6 Å². The minimum Gasteiger partial charge on any atom is -0.493 e. The van der Waals surface area contributed by atoms with E-state index in [2.05, 4.69) is 10.3 Å². The topological polar surface area (TPSA) is 74.7 Å². The van der Waals surface area contributed by atoms with E-state index < -0.39 is 6.09 Å². The molecule has 0 saturated carbocycles. The number of ether oxygens (including phenoxy) is 1. The highest BCUT2D eigenvalue weighted by Gasteiger charge is 2.23. The van der Waals surface area contributed by atoms with Crippen LogP contribution in [0.25, 0.3) is 0 Å². The Morgan fingerprint density at radius 1 is 1.46 bits per heavy atom. The summed E-state index contributed by atoms with van der Waals surface area (Å²) < 4.78 is 5.76. The molecule has 1 aliphatic heterocycles. The molecule has 3 rings (SSSR count). The molecule has 2 aromatic rings. The van der Waals surface area contributed by atoms with Gasteiger partial charge in [-0.25, -0.2) is 9.78 Å². The van der Waals surface area contributed by atoms with Gasteiger partial charge in [0.05, 0.1) is 11.6 Å². The van der Waals surface area contributed by atoms with E-state index in [1.165, 1.54) is 0 Å². The molecule has 1 aliphatic rings. The first-order valence-electron chi connectivity index (χ1n) is 7.63. The number of hydrogen-bond donors (Lipinski definition) is 2. The SMILES string of the molecule is CN(c1ccc2c(c1)OCC[C@H]2CNC(=O)O)c1ccc(Cl)cn1. The number of nitrogens with one attached hydrogen (secondary N) is 1. The molecular weight excluding hydrogens is 330 g/mol. The van der Waals surface area contributed by atoms with Gasteiger partial charge in [0.1, 0.15) is 11.6 Å². The van der Waals surface area contributed by atoms with Gasteiger partial charge in [-0.1, -0.05) is 17.7 Å². The molecule has 0 spiro atoms. The molecule has 1 aromatic heterocycles. The van der Waals surface area contributed by atoms with Gasteiger partial charge < -0.3 is 20.1 Å². The van der Waals surface area contributed by atoms with Crippen molar-refractivity contribution in [2.24, 2.45) is 0 Å². The van der Waals surface area contributed by atoms with E-state index in [-0.39, 0.29) is 5.92 Å². The summed E-state index contributed by atoms with van der Waals surface area (Å²) >= 11 is 5.88. The quantitative estimate of drug-likeness (QED) is 0.883. The number of pyridine rings is 1. The zero-order chi connectivity index (χ0) is 17.1. The molecule has 0 saturated heterocycles. The largest absolute Gasteiger partial charge is 0.493 e. The Labute approximate surface area is 145 Å². The molecule has 1 amide bonds. The number of fused-ring (bicyclic) bond motifs is 1. The van der Waals surface area contributed by atoms with E-state index in [4.69, 9.17) is 21.4 Å². The normalized spacial score (nSPS) is 16.0. The first kappa shape index (κ1) is 16.4. The number of anilines is 2. The van der Waals surface area contributed by atoms with Gasteiger partial charge in [0.25, 0.3) is 0 Å². The molecule has 0 bridgehead atoms. The summed E-state index contributed by atoms with van der Waals surface area (Å²) in [5, 5.41) is 11.8. The summed E-state index contributed by atoms with van der Waals surface area (Å²) in [5.41, 5.74) is 1.96. The second-order valence-corrected chi connectivity index (χ2v) is 6.07. The van der Waals surface area contributed by atoms with E-state index in [0.29, 0.717) is 18.2 Å². The van der Waals surface area contributed by atoms with Gasteiger partial charge in [-0.2, -0.15) is 0 Å². The maximum absolute atomic E-state index is 10.7. The minimum absolute atomic E-state index is 0.123. The molecular formula is C17H18ClN3O3. The van der Waals surface area contributed by atoms with Crippen LogP contribution < -0.4 is 15.0 Å². The zero-order valence-electron chi connectivity index (χ0n) is 13.2. The average molecular weight is 348 g/mol. The van der Waals surface area contributed by atoms with Crippen LogP contribution in [0, 0.1) is 0 Å². The number of nitrogens with zero attached hydrogens (tertiary/aromatic N) is 2. The Morgan fingerprint density at radius 2 is 2.29 bits per heavy atom. The van der Waals surface area contributed by atoms with Crippen molar-refractivity contribution >= 4 is 29.2 Å². The summed E-state index contributed by atoms with van der Waals surface area (Å²) in [6.45, 7) is 0.963. The van der Waals surface area contributed by atoms with Crippen molar-refractivity contribution in [2.75, 3.05) is 25.1 Å². The van der Waals surface area contributed by atoms with Crippen LogP contribution in [0.3, 0.4) is 0 Å². The van der Waals surface area contributed by atoms with Crippen LogP contribution in [0.2, 0.25) is 5.02 Å². The van der Waals surface area contributed by atoms with E-state index in [9.17, 15) is 4.79 Å². The van der Waals surface area contributed by atoms with Crippen molar-refractivity contribution in [2.45, 2.75) is 12.3 Å². The maximum Gasteiger partial charge on any atom is 0.404 e. The second kappa shape index (κ2) is 6.97. The highest BCUT2D eigenvalue weighted by atomic mass is 35.5. The van der Waals surface area contributed by atoms with Crippen LogP contribution in [0.4, 0.5) is 16.3 Å². The second-order valence-electron chi connectivity index (χ2n) is 5.64. The summed E-state index contributed by atoms with van der Waals surface area (Å²) in [4.78, 5) is 17.0. The molecule has 1 atom stereocenters. The Balaban J connectivity index is 1.82. The Bertz CT molecular complexity index is 736. The van der Waals surface area contributed by atoms with Gasteiger partial charge in [-0.3, -0.25) is 0 Å². The predicted molar refractivity (Wildman–Crippen MR) is 92.6 cm³/mol. The van der Waals surface area contributed by atoms with Gasteiger partial charge in [0, 0.05) is 37.5 Å². The fraction of sp³-hybridized carbons (Fsp3) is 0.294. The monoisotopic (exact) mass is 347 g/mol. The van der Waals surface area contributed by atoms with Crippen molar-refractivity contribution in [1.82, 2.24) is 10.3 Å². The fourth-order valence-corrected chi connectivity index (χ4v) is 2.89. The Hall–Kier alpha value is -2.47. The van der Waals surface area contributed by atoms with Gasteiger partial charge in [-0.15, -0.1) is 0 Å². The third-order valence-corrected chi connectivity index (χ3v) is 4.33. The average Bonchev–Trinajstić information content (AvgIpc) is 2.59. The van der Waals surface area contributed by atoms with Gasteiger partial charge in [0.2, 0.25) is 0 Å². The summed E-state index contributed by atoms with van der Waals surface area (Å²) in [6, 6.07) is 9.58. The van der Waals surface area contributed by atoms with E-state index in [1.54, 1.807) is 12.3 Å². The van der Waals surface area contributed by atoms with E-state index in [0.717, 1.165) is 29.2 Å². The lowest BCUT2D eigenvalue weighted by atomic mass is 9.92. The van der Waals surface area contributed by atoms with Crippen LogP contribution in [0.1, 0.15) is 17.9 Å². The van der Waals surface area contributed by atoms with Crippen LogP contribution in [-0.2, 0) is 0 Å². The highest BCUT2D eigenvalue weighted by Crippen LogP contribution is 2.37. The first-order chi connectivity index (χ1) is 11.5. The summed E-state index contributed by atoms with van der Waals surface area (Å²) in [6.07, 6.45) is 1.39. The molecule has 0 radical (unpaired) electrons. The molecule has 1 aromatic carbocycles. The van der Waals surface area contributed by atoms with Crippen LogP contribution in [0.15, 0.2) is 36.5 Å². The number of rotatable bonds is 4. The third kappa shape index (κ3) is 3.54. The lowest BCUT2D eigenvalue weighted by Crippen LogP contribution is -2.29. The van der Waals surface area contributed by atoms with Crippen LogP contribution in [-0.4, -0.2) is 36.4 Å². The minimum atomic E-state index is -1.01. The van der Waals surface area contributed by atoms with Crippen molar-refractivity contribution in [1.29, 1.82) is 0 Å². The number of benzene rings is 1. The lowest BCUT2D eigenvalue weighted by molar-refractivity contribution is 0.191. The Morgan fingerprint density at radius 3 is 3.00 bits per heavy atom. The van der Waals surface area contributed by atoms with Gasteiger partial charge in [-0.05, 0) is 30.2 Å². The van der Waals surface area contributed by atoms with Crippen molar-refractivity contribution in [3.63, 3.8) is 0 Å². The van der Waals surface area contributed by atoms with Crippen LogP contribution in [0.5, 0.6) is 5.75 Å². The molecule has 126 valence electrons. The van der Waals surface area contributed by atoms with Gasteiger partial charge >= 0.3 is 6.09 Å². The molecule has 2 heterocycles. The molecule has 0 fully saturated rings. The van der Waals surface area contributed by atoms with Crippen LogP contribution >= 0.6 is 11.6 Å². The van der Waals surface area contributed by atoms with E-state index in [1.807, 2.05) is 36.2 Å². The number of halogens is 1. The maximum atomic E-state index is 10.7. The number of amides is 1. The van der Waals surface area contributed by atoms with Crippen molar-refractivity contribution in [3.05, 3.63) is 47.1 Å². The fourth-order valence-electron chi connectivity index (χ4n) is 2.78. The third-order valence-electron chi connectivity index (χ3n) is 4.10. The van der Waals surface area contributed by atoms with Crippen molar-refractivity contribution in [3.8, 4) is 5.75 Å². The number of carbonyl (C=O) groups is 1. The zero-order valence-corrected chi connectivity index (χ0v) is 14.0. The molecule has 2 N–H and O–H groups in total. The summed E-state index contributed by atoms with van der Waals surface area (Å²) in [7, 11) is 1.92. The number of hydrogen-bond acceptors (Lipinski definition) is 4. The lowest BCUT2D eigenvalue weighted by Gasteiger charge is -2.27. The predicted octanol–water partition coefficient (Wildman–Crippen LogP) is 3.64. The molecule has 6 nitrogen and oxygen atoms in total. The van der Waals surface area contributed by atoms with E-state index >= 15 is 0 Å². The first-order valence-corrected chi connectivity index (χ1v) is 8.01.